The van der Waals surface area contributed by atoms with E-state index in [4.69, 9.17) is 10.8 Å². The fourth-order valence-electron chi connectivity index (χ4n) is 1.01. The number of aryl methyl sites for hydroxylation is 1. The van der Waals surface area contributed by atoms with Crippen LogP contribution in [0.5, 0.6) is 0 Å². The first-order chi connectivity index (χ1) is 6.45. The zero-order valence-electron chi connectivity index (χ0n) is 7.76. The molecule has 15 heavy (non-hydrogen) atoms. The van der Waals surface area contributed by atoms with Gasteiger partial charge in [-0.05, 0) is 0 Å². The molecule has 0 saturated carbocycles. The summed E-state index contributed by atoms with van der Waals surface area (Å²) in [5.74, 6) is -1.12. The number of carboxylic acid groups (broad SMARTS) is 1. The van der Waals surface area contributed by atoms with Crippen molar-refractivity contribution in [1.29, 1.82) is 0 Å². The summed E-state index contributed by atoms with van der Waals surface area (Å²) in [5, 5.41) is 8.83. The molecule has 0 radical (unpaired) electrons. The first-order valence-electron chi connectivity index (χ1n) is 3.73. The number of carbonyl (C=O) groups is 2. The molecule has 0 aliphatic rings. The second kappa shape index (κ2) is 5.15. The van der Waals surface area contributed by atoms with Crippen LogP contribution in [0.2, 0.25) is 0 Å². The van der Waals surface area contributed by atoms with Crippen LogP contribution < -0.4 is 10.6 Å². The minimum absolute atomic E-state index is 0. The standard InChI is InChI=1S/C7H10N4O3.Na.H/c1-10-3-9-5(4(10)6(12)13)11(2)7(8)14;;/h3H,1-2H3,(H2,8,14)(H,12,13);;. The van der Waals surface area contributed by atoms with Crippen LogP contribution in [0, 0.1) is 0 Å². The Kier molecular flexibility index (Phi) is 4.79. The number of hydrogen-bond acceptors (Lipinski definition) is 3. The molecule has 0 fully saturated rings. The summed E-state index contributed by atoms with van der Waals surface area (Å²) in [6.45, 7) is 0. The van der Waals surface area contributed by atoms with Crippen LogP contribution >= 0.6 is 0 Å². The van der Waals surface area contributed by atoms with Gasteiger partial charge in [-0.15, -0.1) is 0 Å². The van der Waals surface area contributed by atoms with Crippen molar-refractivity contribution in [3.05, 3.63) is 12.0 Å². The number of amides is 2. The molecule has 0 bridgehead atoms. The number of primary amides is 1. The molecule has 7 nitrogen and oxygen atoms in total. The number of carbonyl (C=O) groups excluding carboxylic acids is 1. The van der Waals surface area contributed by atoms with E-state index in [1.54, 1.807) is 0 Å². The van der Waals surface area contributed by atoms with Crippen molar-refractivity contribution in [2.24, 2.45) is 12.8 Å². The Balaban J connectivity index is 0.00000196. The molecule has 1 aromatic heterocycles. The van der Waals surface area contributed by atoms with Gasteiger partial charge in [-0.2, -0.15) is 0 Å². The van der Waals surface area contributed by atoms with E-state index in [2.05, 4.69) is 4.98 Å². The van der Waals surface area contributed by atoms with Gasteiger partial charge in [0.25, 0.3) is 0 Å². The normalized spacial score (nSPS) is 9.20. The topological polar surface area (TPSA) is 101 Å². The van der Waals surface area contributed by atoms with E-state index in [1.807, 2.05) is 0 Å². The fourth-order valence-corrected chi connectivity index (χ4v) is 1.01. The van der Waals surface area contributed by atoms with E-state index < -0.39 is 12.0 Å². The zero-order chi connectivity index (χ0) is 10.9. The molecule has 1 aromatic rings. The summed E-state index contributed by atoms with van der Waals surface area (Å²) in [6, 6.07) is -0.758. The summed E-state index contributed by atoms with van der Waals surface area (Å²) >= 11 is 0. The first-order valence-corrected chi connectivity index (χ1v) is 3.73. The Labute approximate surface area is 108 Å². The molecule has 0 aromatic carbocycles. The average molecular weight is 222 g/mol. The van der Waals surface area contributed by atoms with E-state index in [0.29, 0.717) is 0 Å². The van der Waals surface area contributed by atoms with Crippen LogP contribution in [0.1, 0.15) is 10.5 Å². The van der Waals surface area contributed by atoms with Gasteiger partial charge in [0.05, 0.1) is 6.33 Å². The van der Waals surface area contributed by atoms with Gasteiger partial charge in [0, 0.05) is 14.1 Å². The first kappa shape index (κ1) is 13.9. The van der Waals surface area contributed by atoms with Gasteiger partial charge in [0.15, 0.2) is 11.5 Å². The molecule has 1 rings (SSSR count). The molecule has 0 aliphatic carbocycles. The van der Waals surface area contributed by atoms with Crippen molar-refractivity contribution < 1.29 is 14.7 Å². The van der Waals surface area contributed by atoms with E-state index in [0.717, 1.165) is 4.90 Å². The monoisotopic (exact) mass is 222 g/mol. The Morgan fingerprint density at radius 1 is 1.60 bits per heavy atom. The molecule has 2 amide bonds. The Morgan fingerprint density at radius 2 is 2.13 bits per heavy atom. The number of aromatic carboxylic acids is 1. The molecular formula is C7H11N4NaO3. The third kappa shape index (κ3) is 2.71. The number of carboxylic acids is 1. The van der Waals surface area contributed by atoms with Crippen LogP contribution in [0.3, 0.4) is 0 Å². The number of rotatable bonds is 2. The zero-order valence-corrected chi connectivity index (χ0v) is 7.76. The molecule has 3 N–H and O–H groups in total. The molecule has 78 valence electrons. The van der Waals surface area contributed by atoms with Gasteiger partial charge in [-0.3, -0.25) is 4.90 Å². The minimum atomic E-state index is -1.16. The molecule has 8 heteroatoms. The van der Waals surface area contributed by atoms with Gasteiger partial charge in [-0.25, -0.2) is 14.6 Å². The van der Waals surface area contributed by atoms with Crippen LogP contribution in [-0.4, -0.2) is 63.3 Å². The van der Waals surface area contributed by atoms with E-state index in [-0.39, 0.29) is 41.1 Å². The predicted octanol–water partition coefficient (Wildman–Crippen LogP) is -1.02. The van der Waals surface area contributed by atoms with E-state index in [1.165, 1.54) is 25.0 Å². The Hall–Kier alpha value is -1.05. The number of anilines is 1. The summed E-state index contributed by atoms with van der Waals surface area (Å²) in [4.78, 5) is 26.3. The van der Waals surface area contributed by atoms with Crippen molar-refractivity contribution in [3.63, 3.8) is 0 Å². The Morgan fingerprint density at radius 3 is 2.53 bits per heavy atom. The summed E-state index contributed by atoms with van der Waals surface area (Å²) in [7, 11) is 2.88. The van der Waals surface area contributed by atoms with Crippen molar-refractivity contribution in [2.75, 3.05) is 11.9 Å². The van der Waals surface area contributed by atoms with E-state index in [9.17, 15) is 9.59 Å². The molecular weight excluding hydrogens is 211 g/mol. The second-order valence-corrected chi connectivity index (χ2v) is 2.73. The maximum absolute atomic E-state index is 10.8. The van der Waals surface area contributed by atoms with Crippen LogP contribution in [0.15, 0.2) is 6.33 Å². The van der Waals surface area contributed by atoms with Crippen molar-refractivity contribution in [3.8, 4) is 0 Å². The van der Waals surface area contributed by atoms with Crippen molar-refractivity contribution in [2.45, 2.75) is 0 Å². The second-order valence-electron chi connectivity index (χ2n) is 2.73. The van der Waals surface area contributed by atoms with Gasteiger partial charge >= 0.3 is 41.6 Å². The molecule has 0 atom stereocenters. The fraction of sp³-hybridized carbons (Fsp3) is 0.286. The number of urea groups is 1. The number of aromatic nitrogens is 2. The quantitative estimate of drug-likeness (QED) is 0.625. The molecule has 0 unspecified atom stereocenters. The van der Waals surface area contributed by atoms with Gasteiger partial charge < -0.3 is 15.4 Å². The summed E-state index contributed by atoms with van der Waals surface area (Å²) in [5.41, 5.74) is 4.91. The predicted molar refractivity (Wildman–Crippen MR) is 55.3 cm³/mol. The number of nitrogens with zero attached hydrogens (tertiary/aromatic N) is 3. The number of nitrogens with two attached hydrogens (primary N) is 1. The van der Waals surface area contributed by atoms with Gasteiger partial charge in [0.1, 0.15) is 0 Å². The third-order valence-corrected chi connectivity index (χ3v) is 1.77. The van der Waals surface area contributed by atoms with Crippen LogP contribution in [-0.2, 0) is 7.05 Å². The van der Waals surface area contributed by atoms with Crippen molar-refractivity contribution in [1.82, 2.24) is 9.55 Å². The van der Waals surface area contributed by atoms with Crippen molar-refractivity contribution >= 4 is 47.4 Å². The van der Waals surface area contributed by atoms with Crippen LogP contribution in [0.4, 0.5) is 10.6 Å². The molecule has 0 spiro atoms. The summed E-state index contributed by atoms with van der Waals surface area (Å²) in [6.07, 6.45) is 1.30. The van der Waals surface area contributed by atoms with Gasteiger partial charge in [0.2, 0.25) is 0 Å². The maximum atomic E-state index is 10.8. The number of imidazole rings is 1. The number of hydrogen-bond donors (Lipinski definition) is 2. The molecule has 1 heterocycles. The van der Waals surface area contributed by atoms with Gasteiger partial charge in [-0.1, -0.05) is 0 Å². The Bertz CT molecular complexity index is 390. The summed E-state index contributed by atoms with van der Waals surface area (Å²) < 4.78 is 1.30. The molecule has 0 aliphatic heterocycles. The third-order valence-electron chi connectivity index (χ3n) is 1.77. The average Bonchev–Trinajstić information content (AvgIpc) is 2.45. The SMILES string of the molecule is CN(C(N)=O)c1ncn(C)c1C(=O)O.[NaH]. The van der Waals surface area contributed by atoms with E-state index >= 15 is 0 Å². The van der Waals surface area contributed by atoms with Crippen LogP contribution in [0.25, 0.3) is 0 Å². The molecule has 0 saturated heterocycles.